The highest BCUT2D eigenvalue weighted by Gasteiger charge is 2.32. The SMILES string of the molecule is CCNC(=NCCc1ccc(S(C)(=O)=O)cc1)NC1CCN(C(=O)C2CCCC2)C1.I. The second kappa shape index (κ2) is 12.0. The molecule has 1 aromatic rings. The van der Waals surface area contributed by atoms with Crippen LogP contribution < -0.4 is 10.6 Å². The van der Waals surface area contributed by atoms with E-state index in [1.807, 2.05) is 24.0 Å². The zero-order valence-electron chi connectivity index (χ0n) is 18.5. The maximum absolute atomic E-state index is 12.6. The molecule has 2 N–H and O–H groups in total. The summed E-state index contributed by atoms with van der Waals surface area (Å²) in [5, 5.41) is 6.75. The van der Waals surface area contributed by atoms with Crippen LogP contribution in [0.4, 0.5) is 0 Å². The number of halogens is 1. The van der Waals surface area contributed by atoms with Crippen LogP contribution in [-0.2, 0) is 21.1 Å². The molecule has 0 aromatic heterocycles. The predicted molar refractivity (Wildman–Crippen MR) is 135 cm³/mol. The van der Waals surface area contributed by atoms with E-state index in [0.717, 1.165) is 56.8 Å². The molecule has 1 saturated heterocycles. The lowest BCUT2D eigenvalue weighted by Gasteiger charge is -2.21. The number of guanidine groups is 1. The second-order valence-electron chi connectivity index (χ2n) is 8.32. The molecule has 9 heteroatoms. The minimum atomic E-state index is -3.17. The number of carbonyl (C=O) groups is 1. The van der Waals surface area contributed by atoms with Crippen molar-refractivity contribution >= 4 is 45.7 Å². The Balaban J connectivity index is 0.00000341. The van der Waals surface area contributed by atoms with E-state index in [9.17, 15) is 13.2 Å². The maximum atomic E-state index is 12.6. The molecule has 1 aromatic carbocycles. The van der Waals surface area contributed by atoms with E-state index >= 15 is 0 Å². The van der Waals surface area contributed by atoms with Crippen LogP contribution in [0.5, 0.6) is 0 Å². The summed E-state index contributed by atoms with van der Waals surface area (Å²) in [5.74, 6) is 1.33. The Morgan fingerprint density at radius 3 is 2.45 bits per heavy atom. The lowest BCUT2D eigenvalue weighted by Crippen LogP contribution is -2.45. The third-order valence-corrected chi connectivity index (χ3v) is 7.04. The Morgan fingerprint density at radius 1 is 1.16 bits per heavy atom. The van der Waals surface area contributed by atoms with E-state index in [4.69, 9.17) is 0 Å². The Hall–Kier alpha value is -1.36. The molecule has 7 nitrogen and oxygen atoms in total. The number of nitrogens with zero attached hydrogens (tertiary/aromatic N) is 2. The van der Waals surface area contributed by atoms with Gasteiger partial charge in [0, 0.05) is 44.4 Å². The first-order valence-corrected chi connectivity index (χ1v) is 12.9. The van der Waals surface area contributed by atoms with Gasteiger partial charge in [-0.25, -0.2) is 8.42 Å². The topological polar surface area (TPSA) is 90.9 Å². The van der Waals surface area contributed by atoms with Gasteiger partial charge in [-0.3, -0.25) is 9.79 Å². The number of amides is 1. The van der Waals surface area contributed by atoms with Gasteiger partial charge >= 0.3 is 0 Å². The van der Waals surface area contributed by atoms with Gasteiger partial charge in [-0.15, -0.1) is 24.0 Å². The standard InChI is InChI=1S/C22H34N4O3S.HI/c1-3-23-22(24-14-12-17-8-10-20(11-9-17)30(2,28)29)25-19-13-15-26(16-19)21(27)18-6-4-5-7-18;/h8-11,18-19H,3-7,12-16H2,1-2H3,(H2,23,24,25);1H. The number of hydrogen-bond donors (Lipinski definition) is 2. The van der Waals surface area contributed by atoms with Gasteiger partial charge in [0.05, 0.1) is 4.90 Å². The molecule has 1 aliphatic carbocycles. The molecular formula is C22H35IN4O3S. The van der Waals surface area contributed by atoms with Crippen molar-refractivity contribution < 1.29 is 13.2 Å². The van der Waals surface area contributed by atoms with E-state index in [1.165, 1.54) is 19.1 Å². The lowest BCUT2D eigenvalue weighted by molar-refractivity contribution is -0.134. The van der Waals surface area contributed by atoms with Gasteiger partial charge in [0.25, 0.3) is 0 Å². The second-order valence-corrected chi connectivity index (χ2v) is 10.3. The molecule has 1 saturated carbocycles. The fraction of sp³-hybridized carbons (Fsp3) is 0.636. The average molecular weight is 563 g/mol. The number of benzene rings is 1. The fourth-order valence-electron chi connectivity index (χ4n) is 4.22. The van der Waals surface area contributed by atoms with Crippen molar-refractivity contribution in [3.05, 3.63) is 29.8 Å². The summed E-state index contributed by atoms with van der Waals surface area (Å²) in [7, 11) is -3.17. The number of sulfone groups is 1. The number of nitrogens with one attached hydrogen (secondary N) is 2. The summed E-state index contributed by atoms with van der Waals surface area (Å²) in [6.45, 7) is 4.97. The fourth-order valence-corrected chi connectivity index (χ4v) is 4.85. The molecule has 2 fully saturated rings. The van der Waals surface area contributed by atoms with Crippen LogP contribution in [0.25, 0.3) is 0 Å². The number of carbonyl (C=O) groups excluding carboxylic acids is 1. The minimum Gasteiger partial charge on any atom is -0.357 e. The van der Waals surface area contributed by atoms with Gasteiger partial charge in [0.15, 0.2) is 15.8 Å². The first kappa shape index (κ1) is 25.9. The quantitative estimate of drug-likeness (QED) is 0.303. The van der Waals surface area contributed by atoms with Crippen molar-refractivity contribution in [2.24, 2.45) is 10.9 Å². The smallest absolute Gasteiger partial charge is 0.225 e. The van der Waals surface area contributed by atoms with Crippen molar-refractivity contribution in [2.75, 3.05) is 32.4 Å². The highest BCUT2D eigenvalue weighted by Crippen LogP contribution is 2.27. The third kappa shape index (κ3) is 7.62. The zero-order chi connectivity index (χ0) is 21.6. The predicted octanol–water partition coefficient (Wildman–Crippen LogP) is 2.60. The molecule has 31 heavy (non-hydrogen) atoms. The maximum Gasteiger partial charge on any atom is 0.225 e. The first-order chi connectivity index (χ1) is 14.4. The van der Waals surface area contributed by atoms with Crippen LogP contribution in [0, 0.1) is 5.92 Å². The molecule has 1 unspecified atom stereocenters. The van der Waals surface area contributed by atoms with Gasteiger partial charge in [0.2, 0.25) is 5.91 Å². The minimum absolute atomic E-state index is 0. The molecule has 1 heterocycles. The van der Waals surface area contributed by atoms with Crippen molar-refractivity contribution in [1.29, 1.82) is 0 Å². The van der Waals surface area contributed by atoms with Crippen molar-refractivity contribution in [1.82, 2.24) is 15.5 Å². The molecule has 1 atom stereocenters. The average Bonchev–Trinajstić information content (AvgIpc) is 3.40. The highest BCUT2D eigenvalue weighted by atomic mass is 127. The van der Waals surface area contributed by atoms with E-state index in [2.05, 4.69) is 15.6 Å². The Labute approximate surface area is 203 Å². The van der Waals surface area contributed by atoms with Gasteiger partial charge in [0.1, 0.15) is 0 Å². The summed E-state index contributed by atoms with van der Waals surface area (Å²) in [6.07, 6.45) is 7.34. The summed E-state index contributed by atoms with van der Waals surface area (Å²) < 4.78 is 23.1. The van der Waals surface area contributed by atoms with Crippen molar-refractivity contribution in [3.8, 4) is 0 Å². The number of aliphatic imine (C=N–C) groups is 1. The summed E-state index contributed by atoms with van der Waals surface area (Å²) in [5.41, 5.74) is 1.05. The zero-order valence-corrected chi connectivity index (χ0v) is 21.6. The Bertz CT molecular complexity index is 852. The third-order valence-electron chi connectivity index (χ3n) is 5.91. The molecular weight excluding hydrogens is 527 g/mol. The Morgan fingerprint density at radius 2 is 1.84 bits per heavy atom. The van der Waals surface area contributed by atoms with E-state index in [-0.39, 0.29) is 35.9 Å². The van der Waals surface area contributed by atoms with Gasteiger partial charge in [-0.2, -0.15) is 0 Å². The van der Waals surface area contributed by atoms with Gasteiger partial charge in [-0.05, 0) is 50.3 Å². The number of likely N-dealkylation sites (tertiary alicyclic amines) is 1. The van der Waals surface area contributed by atoms with Gasteiger partial charge < -0.3 is 15.5 Å². The van der Waals surface area contributed by atoms with Crippen LogP contribution in [-0.4, -0.2) is 63.7 Å². The number of hydrogen-bond acceptors (Lipinski definition) is 4. The van der Waals surface area contributed by atoms with E-state index in [1.54, 1.807) is 12.1 Å². The monoisotopic (exact) mass is 562 g/mol. The van der Waals surface area contributed by atoms with Gasteiger partial charge in [-0.1, -0.05) is 25.0 Å². The summed E-state index contributed by atoms with van der Waals surface area (Å²) >= 11 is 0. The van der Waals surface area contributed by atoms with Crippen molar-refractivity contribution in [3.63, 3.8) is 0 Å². The molecule has 1 aliphatic heterocycles. The van der Waals surface area contributed by atoms with Crippen LogP contribution >= 0.6 is 24.0 Å². The number of rotatable bonds is 7. The van der Waals surface area contributed by atoms with Crippen LogP contribution in [0.3, 0.4) is 0 Å². The van der Waals surface area contributed by atoms with Crippen LogP contribution in [0.2, 0.25) is 0 Å². The summed E-state index contributed by atoms with van der Waals surface area (Å²) in [6, 6.07) is 7.20. The molecule has 0 bridgehead atoms. The van der Waals surface area contributed by atoms with E-state index in [0.29, 0.717) is 17.3 Å². The highest BCUT2D eigenvalue weighted by molar-refractivity contribution is 14.0. The van der Waals surface area contributed by atoms with Crippen LogP contribution in [0.15, 0.2) is 34.2 Å². The largest absolute Gasteiger partial charge is 0.357 e. The first-order valence-electron chi connectivity index (χ1n) is 11.0. The molecule has 2 aliphatic rings. The molecule has 3 rings (SSSR count). The lowest BCUT2D eigenvalue weighted by atomic mass is 10.1. The summed E-state index contributed by atoms with van der Waals surface area (Å²) in [4.78, 5) is 19.6. The van der Waals surface area contributed by atoms with E-state index < -0.39 is 9.84 Å². The van der Waals surface area contributed by atoms with Crippen molar-refractivity contribution in [2.45, 2.75) is 56.4 Å². The molecule has 174 valence electrons. The van der Waals surface area contributed by atoms with Crippen LogP contribution in [0.1, 0.15) is 44.6 Å². The normalized spacial score (nSPS) is 19.9. The molecule has 0 radical (unpaired) electrons. The Kier molecular flexibility index (Phi) is 10.1. The molecule has 1 amide bonds. The molecule has 0 spiro atoms.